The van der Waals surface area contributed by atoms with Crippen molar-refractivity contribution >= 4 is 23.0 Å². The van der Waals surface area contributed by atoms with Crippen molar-refractivity contribution < 1.29 is 9.90 Å². The SMILES string of the molecule is CC(C)c1ccc(Nc2cc(C(=O)O)ccc2N)cc1. The summed E-state index contributed by atoms with van der Waals surface area (Å²) in [6.45, 7) is 4.27. The molecule has 0 bridgehead atoms. The number of aromatic carboxylic acids is 1. The lowest BCUT2D eigenvalue weighted by atomic mass is 10.0. The smallest absolute Gasteiger partial charge is 0.335 e. The van der Waals surface area contributed by atoms with Crippen LogP contribution < -0.4 is 11.1 Å². The molecule has 0 aliphatic carbocycles. The van der Waals surface area contributed by atoms with Gasteiger partial charge in [0.15, 0.2) is 0 Å². The fourth-order valence-electron chi connectivity index (χ4n) is 1.90. The minimum Gasteiger partial charge on any atom is -0.478 e. The number of hydrogen-bond donors (Lipinski definition) is 3. The van der Waals surface area contributed by atoms with Crippen molar-refractivity contribution in [1.82, 2.24) is 0 Å². The first-order valence-corrected chi connectivity index (χ1v) is 6.47. The highest BCUT2D eigenvalue weighted by Gasteiger charge is 2.07. The molecule has 2 aromatic carbocycles. The highest BCUT2D eigenvalue weighted by atomic mass is 16.4. The van der Waals surface area contributed by atoms with Gasteiger partial charge < -0.3 is 16.2 Å². The first-order chi connectivity index (χ1) is 9.47. The highest BCUT2D eigenvalue weighted by molar-refractivity contribution is 5.91. The number of nitrogen functional groups attached to an aromatic ring is 1. The number of carboxylic acids is 1. The van der Waals surface area contributed by atoms with Gasteiger partial charge in [0.2, 0.25) is 0 Å². The Hall–Kier alpha value is -2.49. The summed E-state index contributed by atoms with van der Waals surface area (Å²) in [5, 5.41) is 12.1. The molecule has 0 unspecified atom stereocenters. The molecule has 0 amide bonds. The van der Waals surface area contributed by atoms with Crippen LogP contribution in [0.15, 0.2) is 42.5 Å². The maximum absolute atomic E-state index is 11.0. The van der Waals surface area contributed by atoms with Crippen LogP contribution in [-0.4, -0.2) is 11.1 Å². The van der Waals surface area contributed by atoms with Crippen LogP contribution in [0.1, 0.15) is 35.7 Å². The van der Waals surface area contributed by atoms with E-state index in [0.29, 0.717) is 17.3 Å². The van der Waals surface area contributed by atoms with Gasteiger partial charge in [-0.25, -0.2) is 4.79 Å². The van der Waals surface area contributed by atoms with Gasteiger partial charge in [0.25, 0.3) is 0 Å². The quantitative estimate of drug-likeness (QED) is 0.738. The lowest BCUT2D eigenvalue weighted by Gasteiger charge is -2.12. The number of benzene rings is 2. The molecule has 0 saturated carbocycles. The van der Waals surface area contributed by atoms with Gasteiger partial charge in [0.1, 0.15) is 0 Å². The minimum absolute atomic E-state index is 0.209. The van der Waals surface area contributed by atoms with E-state index in [2.05, 4.69) is 19.2 Å². The van der Waals surface area contributed by atoms with Gasteiger partial charge in [-0.3, -0.25) is 0 Å². The largest absolute Gasteiger partial charge is 0.478 e. The van der Waals surface area contributed by atoms with Gasteiger partial charge in [-0.2, -0.15) is 0 Å². The van der Waals surface area contributed by atoms with Crippen LogP contribution >= 0.6 is 0 Å². The summed E-state index contributed by atoms with van der Waals surface area (Å²) in [6.07, 6.45) is 0. The van der Waals surface area contributed by atoms with Crippen molar-refractivity contribution in [1.29, 1.82) is 0 Å². The van der Waals surface area contributed by atoms with Crippen molar-refractivity contribution in [2.75, 3.05) is 11.1 Å². The molecule has 0 heterocycles. The minimum atomic E-state index is -0.969. The number of hydrogen-bond acceptors (Lipinski definition) is 3. The molecule has 0 saturated heterocycles. The van der Waals surface area contributed by atoms with Crippen LogP contribution in [0, 0.1) is 0 Å². The first kappa shape index (κ1) is 13.9. The molecule has 4 nitrogen and oxygen atoms in total. The fourth-order valence-corrected chi connectivity index (χ4v) is 1.90. The molecule has 0 aliphatic heterocycles. The van der Waals surface area contributed by atoms with Crippen LogP contribution in [0.2, 0.25) is 0 Å². The molecule has 2 aromatic rings. The second-order valence-electron chi connectivity index (χ2n) is 5.01. The van der Waals surface area contributed by atoms with Gasteiger partial charge in [-0.1, -0.05) is 26.0 Å². The van der Waals surface area contributed by atoms with E-state index in [1.165, 1.54) is 17.7 Å². The molecule has 2 rings (SSSR count). The van der Waals surface area contributed by atoms with Crippen LogP contribution in [0.4, 0.5) is 17.1 Å². The predicted molar refractivity (Wildman–Crippen MR) is 81.6 cm³/mol. The van der Waals surface area contributed by atoms with Gasteiger partial charge in [-0.05, 0) is 41.8 Å². The van der Waals surface area contributed by atoms with E-state index in [0.717, 1.165) is 5.69 Å². The molecule has 0 aliphatic rings. The number of nitrogens with one attached hydrogen (secondary N) is 1. The summed E-state index contributed by atoms with van der Waals surface area (Å²) in [5.74, 6) is -0.493. The number of anilines is 3. The topological polar surface area (TPSA) is 75.3 Å². The highest BCUT2D eigenvalue weighted by Crippen LogP contribution is 2.25. The Balaban J connectivity index is 2.25. The average molecular weight is 270 g/mol. The van der Waals surface area contributed by atoms with E-state index in [9.17, 15) is 4.79 Å². The third-order valence-corrected chi connectivity index (χ3v) is 3.16. The van der Waals surface area contributed by atoms with Crippen molar-refractivity contribution in [2.45, 2.75) is 19.8 Å². The van der Waals surface area contributed by atoms with Crippen molar-refractivity contribution in [3.63, 3.8) is 0 Å². The predicted octanol–water partition coefficient (Wildman–Crippen LogP) is 3.83. The number of rotatable bonds is 4. The molecule has 0 fully saturated rings. The number of carbonyl (C=O) groups is 1. The Labute approximate surface area is 118 Å². The molecular weight excluding hydrogens is 252 g/mol. The fraction of sp³-hybridized carbons (Fsp3) is 0.188. The second-order valence-corrected chi connectivity index (χ2v) is 5.01. The Kier molecular flexibility index (Phi) is 3.94. The number of nitrogens with two attached hydrogens (primary N) is 1. The van der Waals surface area contributed by atoms with Gasteiger partial charge in [0.05, 0.1) is 16.9 Å². The van der Waals surface area contributed by atoms with Gasteiger partial charge in [0, 0.05) is 5.69 Å². The molecule has 104 valence electrons. The van der Waals surface area contributed by atoms with Gasteiger partial charge >= 0.3 is 5.97 Å². The summed E-state index contributed by atoms with van der Waals surface area (Å²) < 4.78 is 0. The van der Waals surface area contributed by atoms with Crippen LogP contribution in [0.25, 0.3) is 0 Å². The second kappa shape index (κ2) is 5.65. The van der Waals surface area contributed by atoms with E-state index in [1.807, 2.05) is 24.3 Å². The summed E-state index contributed by atoms with van der Waals surface area (Å²) in [7, 11) is 0. The van der Waals surface area contributed by atoms with E-state index in [1.54, 1.807) is 6.07 Å². The van der Waals surface area contributed by atoms with Crippen molar-refractivity contribution in [3.05, 3.63) is 53.6 Å². The summed E-state index contributed by atoms with van der Waals surface area (Å²) >= 11 is 0. The van der Waals surface area contributed by atoms with Crippen molar-refractivity contribution in [2.24, 2.45) is 0 Å². The molecule has 4 N–H and O–H groups in total. The Bertz CT molecular complexity index is 619. The summed E-state index contributed by atoms with van der Waals surface area (Å²) in [6, 6.07) is 12.6. The van der Waals surface area contributed by atoms with Gasteiger partial charge in [-0.15, -0.1) is 0 Å². The first-order valence-electron chi connectivity index (χ1n) is 6.47. The monoisotopic (exact) mass is 270 g/mol. The van der Waals surface area contributed by atoms with Crippen molar-refractivity contribution in [3.8, 4) is 0 Å². The zero-order valence-corrected chi connectivity index (χ0v) is 11.6. The maximum Gasteiger partial charge on any atom is 0.335 e. The Morgan fingerprint density at radius 1 is 1.15 bits per heavy atom. The van der Waals surface area contributed by atoms with Crippen LogP contribution in [0.3, 0.4) is 0 Å². The molecule has 4 heteroatoms. The molecule has 0 spiro atoms. The molecule has 0 radical (unpaired) electrons. The zero-order valence-electron chi connectivity index (χ0n) is 11.6. The Morgan fingerprint density at radius 3 is 2.35 bits per heavy atom. The molecular formula is C16H18N2O2. The van der Waals surface area contributed by atoms with Crippen LogP contribution in [0.5, 0.6) is 0 Å². The number of carboxylic acid groups (broad SMARTS) is 1. The van der Waals surface area contributed by atoms with Crippen LogP contribution in [-0.2, 0) is 0 Å². The summed E-state index contributed by atoms with van der Waals surface area (Å²) in [5.41, 5.74) is 9.32. The maximum atomic E-state index is 11.0. The Morgan fingerprint density at radius 2 is 1.80 bits per heavy atom. The lowest BCUT2D eigenvalue weighted by Crippen LogP contribution is -2.01. The van der Waals surface area contributed by atoms with E-state index < -0.39 is 5.97 Å². The summed E-state index contributed by atoms with van der Waals surface area (Å²) in [4.78, 5) is 11.0. The third kappa shape index (κ3) is 3.09. The molecule has 0 aromatic heterocycles. The standard InChI is InChI=1S/C16H18N2O2/c1-10(2)11-3-6-13(7-4-11)18-15-9-12(16(19)20)5-8-14(15)17/h3-10,18H,17H2,1-2H3,(H,19,20). The third-order valence-electron chi connectivity index (χ3n) is 3.16. The molecule has 20 heavy (non-hydrogen) atoms. The van der Waals surface area contributed by atoms with E-state index >= 15 is 0 Å². The lowest BCUT2D eigenvalue weighted by molar-refractivity contribution is 0.0697. The van der Waals surface area contributed by atoms with E-state index in [-0.39, 0.29) is 5.56 Å². The average Bonchev–Trinajstić information content (AvgIpc) is 2.41. The molecule has 0 atom stereocenters. The zero-order chi connectivity index (χ0) is 14.7. The normalized spacial score (nSPS) is 10.6. The van der Waals surface area contributed by atoms with E-state index in [4.69, 9.17) is 10.8 Å².